The molecule has 2 aliphatic rings. The first-order chi connectivity index (χ1) is 10.1. The van der Waals surface area contributed by atoms with Crippen molar-refractivity contribution in [1.82, 2.24) is 15.2 Å². The maximum atomic E-state index is 12.5. The van der Waals surface area contributed by atoms with E-state index in [0.717, 1.165) is 35.6 Å². The molecular formula is C15H21N3O2S. The first kappa shape index (κ1) is 14.7. The van der Waals surface area contributed by atoms with Crippen molar-refractivity contribution in [3.63, 3.8) is 0 Å². The Hall–Kier alpha value is -1.27. The summed E-state index contributed by atoms with van der Waals surface area (Å²) in [6.07, 6.45) is 7.54. The molecule has 0 aromatic carbocycles. The first-order valence-corrected chi connectivity index (χ1v) is 8.47. The average Bonchev–Trinajstić information content (AvgIpc) is 3.01. The fourth-order valence-electron chi connectivity index (χ4n) is 3.24. The van der Waals surface area contributed by atoms with E-state index in [0.29, 0.717) is 13.0 Å². The van der Waals surface area contributed by atoms with Gasteiger partial charge in [-0.25, -0.2) is 4.98 Å². The van der Waals surface area contributed by atoms with Gasteiger partial charge in [-0.3, -0.25) is 14.5 Å². The van der Waals surface area contributed by atoms with Gasteiger partial charge in [0.05, 0.1) is 17.5 Å². The minimum absolute atomic E-state index is 0.00937. The van der Waals surface area contributed by atoms with E-state index in [1.807, 2.05) is 13.1 Å². The Kier molecular flexibility index (Phi) is 4.35. The zero-order valence-corrected chi connectivity index (χ0v) is 13.1. The van der Waals surface area contributed by atoms with Crippen molar-refractivity contribution in [2.24, 2.45) is 0 Å². The molecule has 2 heterocycles. The van der Waals surface area contributed by atoms with Crippen LogP contribution >= 0.6 is 11.3 Å². The molecule has 1 aromatic heterocycles. The van der Waals surface area contributed by atoms with Crippen molar-refractivity contribution in [1.29, 1.82) is 0 Å². The molecule has 0 radical (unpaired) electrons. The lowest BCUT2D eigenvalue weighted by Crippen LogP contribution is -2.44. The molecule has 114 valence electrons. The first-order valence-electron chi connectivity index (χ1n) is 7.66. The predicted octanol–water partition coefficient (Wildman–Crippen LogP) is 2.00. The van der Waals surface area contributed by atoms with Crippen molar-refractivity contribution >= 4 is 23.2 Å². The number of nitrogens with zero attached hydrogens (tertiary/aromatic N) is 2. The quantitative estimate of drug-likeness (QED) is 0.864. The summed E-state index contributed by atoms with van der Waals surface area (Å²) >= 11 is 1.62. The molecule has 21 heavy (non-hydrogen) atoms. The molecule has 1 saturated heterocycles. The third-order valence-corrected chi connectivity index (χ3v) is 5.23. The van der Waals surface area contributed by atoms with Crippen LogP contribution in [0.1, 0.15) is 48.4 Å². The Morgan fingerprint density at radius 2 is 2.10 bits per heavy atom. The van der Waals surface area contributed by atoms with Crippen molar-refractivity contribution in [2.45, 2.75) is 64.1 Å². The number of hydrogen-bond donors (Lipinski definition) is 1. The zero-order valence-electron chi connectivity index (χ0n) is 12.3. The lowest BCUT2D eigenvalue weighted by molar-refractivity contribution is -0.142. The Morgan fingerprint density at radius 3 is 2.76 bits per heavy atom. The average molecular weight is 307 g/mol. The van der Waals surface area contributed by atoms with Gasteiger partial charge in [0, 0.05) is 23.7 Å². The van der Waals surface area contributed by atoms with Crippen molar-refractivity contribution in [2.75, 3.05) is 0 Å². The number of carbonyl (C=O) groups is 2. The smallest absolute Gasteiger partial charge is 0.247 e. The molecule has 1 N–H and O–H groups in total. The van der Waals surface area contributed by atoms with Crippen LogP contribution in [0, 0.1) is 6.92 Å². The highest BCUT2D eigenvalue weighted by atomic mass is 32.1. The van der Waals surface area contributed by atoms with E-state index in [4.69, 9.17) is 0 Å². The molecule has 1 saturated carbocycles. The van der Waals surface area contributed by atoms with Crippen molar-refractivity contribution in [3.05, 3.63) is 16.1 Å². The number of carbonyl (C=O) groups excluding carboxylic acids is 2. The summed E-state index contributed by atoms with van der Waals surface area (Å²) in [5.74, 6) is -0.0435. The van der Waals surface area contributed by atoms with E-state index in [1.165, 1.54) is 11.3 Å². The molecule has 2 fully saturated rings. The van der Waals surface area contributed by atoms with Crippen LogP contribution < -0.4 is 5.32 Å². The number of aromatic nitrogens is 1. The summed E-state index contributed by atoms with van der Waals surface area (Å²) in [5, 5.41) is 4.24. The Labute approximate surface area is 128 Å². The molecule has 1 aliphatic carbocycles. The molecule has 1 unspecified atom stereocenters. The summed E-state index contributed by atoms with van der Waals surface area (Å²) < 4.78 is 0. The van der Waals surface area contributed by atoms with Gasteiger partial charge in [0.15, 0.2) is 0 Å². The van der Waals surface area contributed by atoms with Gasteiger partial charge >= 0.3 is 0 Å². The summed E-state index contributed by atoms with van der Waals surface area (Å²) in [6, 6.07) is -0.224. The van der Waals surface area contributed by atoms with Gasteiger partial charge in [-0.2, -0.15) is 0 Å². The lowest BCUT2D eigenvalue weighted by Gasteiger charge is -2.29. The summed E-state index contributed by atoms with van der Waals surface area (Å²) in [5.41, 5.74) is 0. The van der Waals surface area contributed by atoms with E-state index in [9.17, 15) is 9.59 Å². The topological polar surface area (TPSA) is 62.3 Å². The van der Waals surface area contributed by atoms with Crippen LogP contribution in [0.2, 0.25) is 0 Å². The largest absolute Gasteiger partial charge is 0.300 e. The maximum absolute atomic E-state index is 12.5. The molecule has 0 spiro atoms. The number of aryl methyl sites for hydroxylation is 1. The normalized spacial score (nSPS) is 24.0. The predicted molar refractivity (Wildman–Crippen MR) is 80.8 cm³/mol. The molecule has 1 aliphatic heterocycles. The number of imide groups is 1. The van der Waals surface area contributed by atoms with Gasteiger partial charge in [-0.1, -0.05) is 19.3 Å². The van der Waals surface area contributed by atoms with E-state index >= 15 is 0 Å². The molecule has 2 amide bonds. The van der Waals surface area contributed by atoms with Gasteiger partial charge in [0.2, 0.25) is 11.8 Å². The van der Waals surface area contributed by atoms with Crippen LogP contribution in [0.5, 0.6) is 0 Å². The van der Waals surface area contributed by atoms with Crippen LogP contribution in [0.3, 0.4) is 0 Å². The van der Waals surface area contributed by atoms with Crippen LogP contribution in [0.25, 0.3) is 0 Å². The summed E-state index contributed by atoms with van der Waals surface area (Å²) in [4.78, 5) is 31.5. The highest BCUT2D eigenvalue weighted by Crippen LogP contribution is 2.27. The number of hydrogen-bond acceptors (Lipinski definition) is 5. The second kappa shape index (κ2) is 6.23. The van der Waals surface area contributed by atoms with Crippen molar-refractivity contribution < 1.29 is 9.59 Å². The highest BCUT2D eigenvalue weighted by Gasteiger charge is 2.42. The number of amides is 2. The van der Waals surface area contributed by atoms with Gasteiger partial charge in [-0.15, -0.1) is 11.3 Å². The van der Waals surface area contributed by atoms with Crippen molar-refractivity contribution in [3.8, 4) is 0 Å². The van der Waals surface area contributed by atoms with Gasteiger partial charge in [-0.05, 0) is 19.8 Å². The Bertz CT molecular complexity index is 537. The van der Waals surface area contributed by atoms with E-state index < -0.39 is 0 Å². The third kappa shape index (κ3) is 3.16. The fourth-order valence-corrected chi connectivity index (χ4v) is 3.99. The van der Waals surface area contributed by atoms with Gasteiger partial charge in [0.1, 0.15) is 0 Å². The third-order valence-electron chi connectivity index (χ3n) is 4.31. The number of nitrogens with one attached hydrogen (secondary N) is 1. The maximum Gasteiger partial charge on any atom is 0.247 e. The highest BCUT2D eigenvalue weighted by molar-refractivity contribution is 7.11. The molecule has 1 aromatic rings. The molecule has 3 rings (SSSR count). The van der Waals surface area contributed by atoms with Crippen LogP contribution in [-0.2, 0) is 16.1 Å². The molecule has 6 heteroatoms. The lowest BCUT2D eigenvalue weighted by atomic mass is 9.94. The Balaban J connectivity index is 1.60. The monoisotopic (exact) mass is 307 g/mol. The zero-order chi connectivity index (χ0) is 14.8. The van der Waals surface area contributed by atoms with E-state index in [2.05, 4.69) is 10.3 Å². The summed E-state index contributed by atoms with van der Waals surface area (Å²) in [6.45, 7) is 2.57. The number of thiazole rings is 1. The summed E-state index contributed by atoms with van der Waals surface area (Å²) in [7, 11) is 0. The minimum atomic E-state index is -0.359. The van der Waals surface area contributed by atoms with Crippen LogP contribution in [-0.4, -0.2) is 33.8 Å². The minimum Gasteiger partial charge on any atom is -0.300 e. The van der Waals surface area contributed by atoms with Gasteiger partial charge < -0.3 is 5.32 Å². The Morgan fingerprint density at radius 1 is 1.33 bits per heavy atom. The van der Waals surface area contributed by atoms with E-state index in [-0.39, 0.29) is 23.9 Å². The molecule has 5 nitrogen and oxygen atoms in total. The van der Waals surface area contributed by atoms with Crippen LogP contribution in [0.4, 0.5) is 0 Å². The fraction of sp³-hybridized carbons (Fsp3) is 0.667. The number of rotatable bonds is 4. The molecule has 0 bridgehead atoms. The second-order valence-corrected chi connectivity index (χ2v) is 7.20. The standard InChI is InChI=1S/C15H21N3O2S/c1-10-16-8-12(21-10)9-17-13-7-14(19)18(15(13)20)11-5-3-2-4-6-11/h8,11,13,17H,2-7,9H2,1H3. The van der Waals surface area contributed by atoms with E-state index in [1.54, 1.807) is 11.3 Å². The molecular weight excluding hydrogens is 286 g/mol. The SMILES string of the molecule is Cc1ncc(CNC2CC(=O)N(C3CCCCC3)C2=O)s1. The van der Waals surface area contributed by atoms with Crippen LogP contribution in [0.15, 0.2) is 6.20 Å². The second-order valence-electron chi connectivity index (χ2n) is 5.88. The van der Waals surface area contributed by atoms with Gasteiger partial charge in [0.25, 0.3) is 0 Å². The number of likely N-dealkylation sites (tertiary alicyclic amines) is 1. The molecule has 1 atom stereocenters.